The summed E-state index contributed by atoms with van der Waals surface area (Å²) in [5.74, 6) is 0. The van der Waals surface area contributed by atoms with Crippen LogP contribution in [-0.2, 0) is 17.5 Å². The first-order valence-corrected chi connectivity index (χ1v) is 11.2. The summed E-state index contributed by atoms with van der Waals surface area (Å²) in [4.78, 5) is 11.3. The number of halogens is 3. The Morgan fingerprint density at radius 1 is 1.12 bits per heavy atom. The molecular weight excluding hydrogens is 437 g/mol. The van der Waals surface area contributed by atoms with E-state index in [1.165, 1.54) is 24.3 Å². The van der Waals surface area contributed by atoms with Crippen molar-refractivity contribution >= 4 is 28.1 Å². The van der Waals surface area contributed by atoms with Crippen LogP contribution >= 0.6 is 11.3 Å². The summed E-state index contributed by atoms with van der Waals surface area (Å²) >= 11 is 1.54. The minimum atomic E-state index is -4.38. The fourth-order valence-electron chi connectivity index (χ4n) is 4.14. The first-order valence-electron chi connectivity index (χ1n) is 10.3. The molecule has 2 aromatic carbocycles. The van der Waals surface area contributed by atoms with Crippen molar-refractivity contribution in [2.75, 3.05) is 31.2 Å². The molecule has 2 aromatic heterocycles. The Labute approximate surface area is 187 Å². The predicted molar refractivity (Wildman–Crippen MR) is 119 cm³/mol. The van der Waals surface area contributed by atoms with E-state index in [4.69, 9.17) is 4.74 Å². The van der Waals surface area contributed by atoms with E-state index in [-0.39, 0.29) is 5.56 Å². The van der Waals surface area contributed by atoms with Gasteiger partial charge < -0.3 is 14.2 Å². The lowest BCUT2D eigenvalue weighted by Gasteiger charge is -2.29. The van der Waals surface area contributed by atoms with Crippen LogP contribution in [0.4, 0.5) is 18.9 Å². The lowest BCUT2D eigenvalue weighted by Crippen LogP contribution is -2.36. The zero-order valence-electron chi connectivity index (χ0n) is 17.4. The molecule has 0 bridgehead atoms. The van der Waals surface area contributed by atoms with Gasteiger partial charge in [0.2, 0.25) is 0 Å². The highest BCUT2D eigenvalue weighted by atomic mass is 32.1. The van der Waals surface area contributed by atoms with Crippen molar-refractivity contribution in [3.05, 3.63) is 64.9 Å². The molecule has 0 saturated carbocycles. The summed E-state index contributed by atoms with van der Waals surface area (Å²) in [5.41, 5.74) is 3.89. The number of alkyl halides is 3. The quantitative estimate of drug-likeness (QED) is 0.412. The largest absolute Gasteiger partial charge is 0.416 e. The Bertz CT molecular complexity index is 1240. The van der Waals surface area contributed by atoms with Gasteiger partial charge in [-0.1, -0.05) is 12.1 Å². The highest BCUT2D eigenvalue weighted by molar-refractivity contribution is 7.13. The smallest absolute Gasteiger partial charge is 0.378 e. The van der Waals surface area contributed by atoms with Crippen LogP contribution in [0.5, 0.6) is 0 Å². The maximum atomic E-state index is 13.4. The molecule has 1 aliphatic heterocycles. The van der Waals surface area contributed by atoms with Crippen molar-refractivity contribution in [3.63, 3.8) is 0 Å². The van der Waals surface area contributed by atoms with Crippen LogP contribution in [-0.4, -0.2) is 40.8 Å². The number of rotatable bonds is 4. The standard InChI is InChI=1S/C23H21F3N4OS/c1-15-16(3-2-4-19(15)23(24,25)26)13-30-14-28-21-18(22-27-5-10-32-22)11-17(12-20(21)30)29-6-8-31-9-7-29/h2-5,10-12,14H,6-9,13H2,1H3. The van der Waals surface area contributed by atoms with Crippen LogP contribution in [0, 0.1) is 6.92 Å². The zero-order chi connectivity index (χ0) is 22.3. The normalized spacial score (nSPS) is 14.9. The molecule has 4 aromatic rings. The molecule has 1 aliphatic rings. The summed E-state index contributed by atoms with van der Waals surface area (Å²) in [6, 6.07) is 8.49. The van der Waals surface area contributed by atoms with Crippen molar-refractivity contribution in [3.8, 4) is 10.6 Å². The van der Waals surface area contributed by atoms with Crippen LogP contribution in [0.3, 0.4) is 0 Å². The van der Waals surface area contributed by atoms with E-state index in [0.29, 0.717) is 25.3 Å². The SMILES string of the molecule is Cc1c(Cn2cnc3c(-c4nccs4)cc(N4CCOCC4)cc32)cccc1C(F)(F)F. The highest BCUT2D eigenvalue weighted by Crippen LogP contribution is 2.36. The molecule has 0 radical (unpaired) electrons. The Kier molecular flexibility index (Phi) is 5.38. The number of ether oxygens (including phenoxy) is 1. The topological polar surface area (TPSA) is 43.2 Å². The molecule has 32 heavy (non-hydrogen) atoms. The third kappa shape index (κ3) is 3.86. The van der Waals surface area contributed by atoms with Gasteiger partial charge in [0.05, 0.1) is 36.1 Å². The fourth-order valence-corrected chi connectivity index (χ4v) is 4.80. The van der Waals surface area contributed by atoms with Gasteiger partial charge in [0.25, 0.3) is 0 Å². The van der Waals surface area contributed by atoms with E-state index in [1.54, 1.807) is 18.6 Å². The first-order chi connectivity index (χ1) is 15.4. The molecule has 0 atom stereocenters. The molecule has 9 heteroatoms. The second-order valence-electron chi connectivity index (χ2n) is 7.76. The summed E-state index contributed by atoms with van der Waals surface area (Å²) in [5, 5.41) is 2.79. The molecule has 5 nitrogen and oxygen atoms in total. The molecule has 166 valence electrons. The Balaban J connectivity index is 1.61. The van der Waals surface area contributed by atoms with Gasteiger partial charge in [0.1, 0.15) is 5.01 Å². The van der Waals surface area contributed by atoms with Crippen LogP contribution < -0.4 is 4.90 Å². The minimum absolute atomic E-state index is 0.242. The second kappa shape index (κ2) is 8.22. The van der Waals surface area contributed by atoms with E-state index in [9.17, 15) is 13.2 Å². The molecular formula is C23H21F3N4OS. The van der Waals surface area contributed by atoms with E-state index >= 15 is 0 Å². The van der Waals surface area contributed by atoms with Gasteiger partial charge in [0.15, 0.2) is 0 Å². The second-order valence-corrected chi connectivity index (χ2v) is 8.65. The van der Waals surface area contributed by atoms with Crippen molar-refractivity contribution in [1.29, 1.82) is 0 Å². The van der Waals surface area contributed by atoms with Gasteiger partial charge in [0, 0.05) is 42.5 Å². The Hall–Kier alpha value is -2.91. The summed E-state index contributed by atoms with van der Waals surface area (Å²) in [6.45, 7) is 4.71. The third-order valence-electron chi connectivity index (χ3n) is 5.84. The molecule has 0 unspecified atom stereocenters. The van der Waals surface area contributed by atoms with Crippen LogP contribution in [0.2, 0.25) is 0 Å². The molecule has 0 aliphatic carbocycles. The number of hydrogen-bond donors (Lipinski definition) is 0. The lowest BCUT2D eigenvalue weighted by molar-refractivity contribution is -0.138. The maximum absolute atomic E-state index is 13.4. The number of anilines is 1. The third-order valence-corrected chi connectivity index (χ3v) is 6.65. The van der Waals surface area contributed by atoms with Gasteiger partial charge in [-0.25, -0.2) is 9.97 Å². The van der Waals surface area contributed by atoms with E-state index in [1.807, 2.05) is 9.95 Å². The molecule has 0 N–H and O–H groups in total. The summed E-state index contributed by atoms with van der Waals surface area (Å²) in [6.07, 6.45) is -0.917. The van der Waals surface area contributed by atoms with Crippen molar-refractivity contribution < 1.29 is 17.9 Å². The van der Waals surface area contributed by atoms with E-state index < -0.39 is 11.7 Å². The van der Waals surface area contributed by atoms with E-state index in [2.05, 4.69) is 27.0 Å². The lowest BCUT2D eigenvalue weighted by atomic mass is 10.0. The van der Waals surface area contributed by atoms with Gasteiger partial charge in [-0.2, -0.15) is 13.2 Å². The van der Waals surface area contributed by atoms with Crippen molar-refractivity contribution in [2.24, 2.45) is 0 Å². The highest BCUT2D eigenvalue weighted by Gasteiger charge is 2.32. The maximum Gasteiger partial charge on any atom is 0.416 e. The number of fused-ring (bicyclic) bond motifs is 1. The van der Waals surface area contributed by atoms with Crippen molar-refractivity contribution in [2.45, 2.75) is 19.6 Å². The number of thiazole rings is 1. The van der Waals surface area contributed by atoms with Crippen LogP contribution in [0.15, 0.2) is 48.2 Å². The van der Waals surface area contributed by atoms with E-state index in [0.717, 1.165) is 46.4 Å². The zero-order valence-corrected chi connectivity index (χ0v) is 18.2. The number of morpholine rings is 1. The molecule has 0 spiro atoms. The fraction of sp³-hybridized carbons (Fsp3) is 0.304. The van der Waals surface area contributed by atoms with Gasteiger partial charge in [-0.15, -0.1) is 11.3 Å². The Morgan fingerprint density at radius 2 is 1.94 bits per heavy atom. The average Bonchev–Trinajstić information content (AvgIpc) is 3.45. The number of hydrogen-bond acceptors (Lipinski definition) is 5. The summed E-state index contributed by atoms with van der Waals surface area (Å²) < 4.78 is 47.6. The molecule has 0 amide bonds. The number of benzene rings is 2. The monoisotopic (exact) mass is 458 g/mol. The minimum Gasteiger partial charge on any atom is -0.378 e. The Morgan fingerprint density at radius 3 is 2.66 bits per heavy atom. The number of imidazole rings is 1. The molecule has 3 heterocycles. The van der Waals surface area contributed by atoms with Crippen LogP contribution in [0.1, 0.15) is 16.7 Å². The molecule has 1 saturated heterocycles. The van der Waals surface area contributed by atoms with Crippen molar-refractivity contribution in [1.82, 2.24) is 14.5 Å². The van der Waals surface area contributed by atoms with Crippen LogP contribution in [0.25, 0.3) is 21.6 Å². The first kappa shape index (κ1) is 21.0. The number of aromatic nitrogens is 3. The summed E-state index contributed by atoms with van der Waals surface area (Å²) in [7, 11) is 0. The van der Waals surface area contributed by atoms with Gasteiger partial charge in [-0.3, -0.25) is 0 Å². The molecule has 1 fully saturated rings. The predicted octanol–water partition coefficient (Wildman–Crippen LogP) is 5.37. The van der Waals surface area contributed by atoms with Gasteiger partial charge in [-0.05, 0) is 36.2 Å². The molecule has 5 rings (SSSR count). The number of nitrogens with zero attached hydrogens (tertiary/aromatic N) is 4. The van der Waals surface area contributed by atoms with Gasteiger partial charge >= 0.3 is 6.18 Å². The average molecular weight is 459 g/mol.